The second-order valence-corrected chi connectivity index (χ2v) is 13.3. The van der Waals surface area contributed by atoms with Gasteiger partial charge in [-0.15, -0.1) is 0 Å². The molecule has 1 N–H and O–H groups in total. The molecule has 1 unspecified atom stereocenters. The number of nitrogens with zero attached hydrogens (tertiary/aromatic N) is 2. The van der Waals surface area contributed by atoms with Gasteiger partial charge >= 0.3 is 0 Å². The van der Waals surface area contributed by atoms with E-state index >= 15 is 0 Å². The summed E-state index contributed by atoms with van der Waals surface area (Å²) in [7, 11) is 0. The Bertz CT molecular complexity index is 3110. The number of benzene rings is 8. The van der Waals surface area contributed by atoms with E-state index in [0.29, 0.717) is 5.84 Å². The fourth-order valence-electron chi connectivity index (χ4n) is 7.90. The fourth-order valence-corrected chi connectivity index (χ4v) is 7.90. The topological polar surface area (TPSA) is 63.0 Å². The molecule has 1 aliphatic heterocycles. The van der Waals surface area contributed by atoms with Crippen LogP contribution in [0, 0.1) is 0 Å². The third-order valence-electron chi connectivity index (χ3n) is 10.3. The molecular formula is C47H29N3O2. The van der Waals surface area contributed by atoms with Gasteiger partial charge in [0, 0.05) is 43.8 Å². The Morgan fingerprint density at radius 3 is 1.96 bits per heavy atom. The highest BCUT2D eigenvalue weighted by Gasteiger charge is 2.26. The molecule has 0 bridgehead atoms. The quantitative estimate of drug-likeness (QED) is 0.190. The van der Waals surface area contributed by atoms with Crippen LogP contribution >= 0.6 is 0 Å². The van der Waals surface area contributed by atoms with E-state index in [9.17, 15) is 0 Å². The summed E-state index contributed by atoms with van der Waals surface area (Å²) in [6, 6.07) is 56.8. The Morgan fingerprint density at radius 2 is 1.12 bits per heavy atom. The smallest absolute Gasteiger partial charge is 0.160 e. The number of hydrogen-bond acceptors (Lipinski definition) is 5. The van der Waals surface area contributed by atoms with Crippen molar-refractivity contribution in [2.75, 3.05) is 0 Å². The molecule has 5 heteroatoms. The van der Waals surface area contributed by atoms with E-state index in [-0.39, 0.29) is 0 Å². The van der Waals surface area contributed by atoms with Crippen molar-refractivity contribution >= 4 is 77.1 Å². The minimum absolute atomic E-state index is 0.405. The summed E-state index contributed by atoms with van der Waals surface area (Å²) in [6.07, 6.45) is -0.405. The highest BCUT2D eigenvalue weighted by Crippen LogP contribution is 2.43. The Balaban J connectivity index is 1.15. The standard InChI is InChI=1S/C47H29N3O2/c1-2-12-28(13-3-1)45-48-46(30-22-23-35-34-18-8-10-20-40(34)51-42(35)27-30)50-47(49-45)38-25-24-36(44-43(38)37-19-9-11-21-41(37)52-44)39-26-29-14-4-5-15-31(29)32-16-6-7-17-33(32)39/h1-27,46H,(H,48,49,50). The molecule has 0 fully saturated rings. The lowest BCUT2D eigenvalue weighted by molar-refractivity contribution is 0.655. The van der Waals surface area contributed by atoms with Gasteiger partial charge < -0.3 is 14.2 Å². The first-order valence-corrected chi connectivity index (χ1v) is 17.5. The van der Waals surface area contributed by atoms with Gasteiger partial charge in [-0.1, -0.05) is 127 Å². The summed E-state index contributed by atoms with van der Waals surface area (Å²) in [5.74, 6) is 1.39. The lowest BCUT2D eigenvalue weighted by Crippen LogP contribution is -2.33. The number of amidine groups is 2. The van der Waals surface area contributed by atoms with E-state index in [0.717, 1.165) is 77.5 Å². The van der Waals surface area contributed by atoms with E-state index in [1.165, 1.54) is 21.5 Å². The predicted molar refractivity (Wildman–Crippen MR) is 213 cm³/mol. The van der Waals surface area contributed by atoms with Crippen LogP contribution in [0.1, 0.15) is 22.9 Å². The Labute approximate surface area is 298 Å². The van der Waals surface area contributed by atoms with Gasteiger partial charge in [-0.2, -0.15) is 0 Å². The number of hydrogen-bond donors (Lipinski definition) is 1. The zero-order chi connectivity index (χ0) is 34.2. The van der Waals surface area contributed by atoms with E-state index in [1.54, 1.807) is 0 Å². The van der Waals surface area contributed by atoms with Crippen molar-refractivity contribution in [2.24, 2.45) is 9.98 Å². The molecule has 0 spiro atoms. The molecule has 5 nitrogen and oxygen atoms in total. The number of rotatable bonds is 4. The van der Waals surface area contributed by atoms with Gasteiger partial charge in [0.25, 0.3) is 0 Å². The zero-order valence-electron chi connectivity index (χ0n) is 27.9. The van der Waals surface area contributed by atoms with Crippen molar-refractivity contribution in [3.63, 3.8) is 0 Å². The maximum atomic E-state index is 6.80. The molecule has 2 aromatic heterocycles. The molecule has 0 saturated carbocycles. The second kappa shape index (κ2) is 11.3. The SMILES string of the molecule is c1ccc(C2=NC(c3ccc(-c4cc5ccccc5c5ccccc45)c4oc5ccccc5c34)=NC(c3ccc4c(c3)oc3ccccc34)N2)cc1. The molecule has 52 heavy (non-hydrogen) atoms. The molecule has 0 aliphatic carbocycles. The van der Waals surface area contributed by atoms with Gasteiger partial charge in [0.05, 0.1) is 0 Å². The molecule has 1 aliphatic rings. The van der Waals surface area contributed by atoms with Crippen LogP contribution in [-0.4, -0.2) is 11.7 Å². The molecule has 0 amide bonds. The van der Waals surface area contributed by atoms with Crippen LogP contribution < -0.4 is 5.32 Å². The summed E-state index contributed by atoms with van der Waals surface area (Å²) >= 11 is 0. The van der Waals surface area contributed by atoms with Gasteiger partial charge in [0.2, 0.25) is 0 Å². The van der Waals surface area contributed by atoms with Crippen LogP contribution in [0.4, 0.5) is 0 Å². The van der Waals surface area contributed by atoms with Crippen molar-refractivity contribution in [3.05, 3.63) is 180 Å². The third-order valence-corrected chi connectivity index (χ3v) is 10.3. The maximum absolute atomic E-state index is 6.80. The number of para-hydroxylation sites is 2. The molecule has 8 aromatic carbocycles. The Kier molecular flexibility index (Phi) is 6.25. The van der Waals surface area contributed by atoms with Crippen molar-refractivity contribution in [2.45, 2.75) is 6.17 Å². The summed E-state index contributed by atoms with van der Waals surface area (Å²) in [4.78, 5) is 10.5. The number of fused-ring (bicyclic) bond motifs is 9. The van der Waals surface area contributed by atoms with Crippen LogP contribution in [0.15, 0.2) is 183 Å². The lowest BCUT2D eigenvalue weighted by atomic mass is 9.91. The molecule has 1 atom stereocenters. The normalized spacial score (nSPS) is 14.7. The molecule has 3 heterocycles. The summed E-state index contributed by atoms with van der Waals surface area (Å²) in [5, 5.41) is 12.7. The van der Waals surface area contributed by atoms with Gasteiger partial charge in [-0.3, -0.25) is 0 Å². The largest absolute Gasteiger partial charge is 0.456 e. The van der Waals surface area contributed by atoms with Crippen molar-refractivity contribution < 1.29 is 8.83 Å². The average Bonchev–Trinajstić information content (AvgIpc) is 3.79. The van der Waals surface area contributed by atoms with E-state index in [1.807, 2.05) is 48.5 Å². The van der Waals surface area contributed by atoms with Crippen molar-refractivity contribution in [3.8, 4) is 11.1 Å². The first-order valence-electron chi connectivity index (χ1n) is 17.5. The molecular weight excluding hydrogens is 639 g/mol. The number of aliphatic imine (C=N–C) groups is 2. The first-order chi connectivity index (χ1) is 25.8. The number of nitrogens with one attached hydrogen (secondary N) is 1. The highest BCUT2D eigenvalue weighted by atomic mass is 16.3. The van der Waals surface area contributed by atoms with Crippen molar-refractivity contribution in [1.29, 1.82) is 0 Å². The van der Waals surface area contributed by atoms with Gasteiger partial charge in [0.1, 0.15) is 34.3 Å². The minimum atomic E-state index is -0.405. The summed E-state index contributed by atoms with van der Waals surface area (Å²) < 4.78 is 13.1. The van der Waals surface area contributed by atoms with E-state index < -0.39 is 6.17 Å². The second-order valence-electron chi connectivity index (χ2n) is 13.3. The Hall–Kier alpha value is -6.98. The predicted octanol–water partition coefficient (Wildman–Crippen LogP) is 12.0. The van der Waals surface area contributed by atoms with Crippen LogP contribution in [0.5, 0.6) is 0 Å². The first kappa shape index (κ1) is 28.8. The fraction of sp³-hybridized carbons (Fsp3) is 0.0213. The molecule has 10 aromatic rings. The maximum Gasteiger partial charge on any atom is 0.160 e. The minimum Gasteiger partial charge on any atom is -0.456 e. The molecule has 0 saturated heterocycles. The van der Waals surface area contributed by atoms with Gasteiger partial charge in [0.15, 0.2) is 5.84 Å². The molecule has 11 rings (SSSR count). The van der Waals surface area contributed by atoms with Crippen LogP contribution in [0.25, 0.3) is 76.5 Å². The zero-order valence-corrected chi connectivity index (χ0v) is 27.9. The average molecular weight is 668 g/mol. The van der Waals surface area contributed by atoms with E-state index in [2.05, 4.69) is 121 Å². The summed E-state index contributed by atoms with van der Waals surface area (Å²) in [6.45, 7) is 0. The number of furan rings is 2. The third kappa shape index (κ3) is 4.42. The monoisotopic (exact) mass is 667 g/mol. The lowest BCUT2D eigenvalue weighted by Gasteiger charge is -2.24. The van der Waals surface area contributed by atoms with Crippen LogP contribution in [0.2, 0.25) is 0 Å². The summed E-state index contributed by atoms with van der Waals surface area (Å²) in [5.41, 5.74) is 8.39. The molecule has 0 radical (unpaired) electrons. The van der Waals surface area contributed by atoms with Gasteiger partial charge in [-0.25, -0.2) is 9.98 Å². The van der Waals surface area contributed by atoms with Crippen LogP contribution in [0.3, 0.4) is 0 Å². The molecule has 244 valence electrons. The van der Waals surface area contributed by atoms with Gasteiger partial charge in [-0.05, 0) is 63.5 Å². The van der Waals surface area contributed by atoms with E-state index in [4.69, 9.17) is 18.8 Å². The van der Waals surface area contributed by atoms with Crippen LogP contribution in [-0.2, 0) is 0 Å². The highest BCUT2D eigenvalue weighted by molar-refractivity contribution is 6.25. The Morgan fingerprint density at radius 1 is 0.462 bits per heavy atom. The van der Waals surface area contributed by atoms with Crippen molar-refractivity contribution in [1.82, 2.24) is 5.32 Å².